The van der Waals surface area contributed by atoms with Crippen molar-refractivity contribution in [1.29, 1.82) is 0 Å². The first kappa shape index (κ1) is 19.5. The molecular weight excluding hydrogens is 385 g/mol. The van der Waals surface area contributed by atoms with Gasteiger partial charge >= 0.3 is 0 Å². The van der Waals surface area contributed by atoms with E-state index in [1.807, 2.05) is 35.2 Å². The van der Waals surface area contributed by atoms with Crippen LogP contribution in [0.4, 0.5) is 10.1 Å². The molecule has 0 aromatic heterocycles. The molecule has 0 unspecified atom stereocenters. The van der Waals surface area contributed by atoms with Gasteiger partial charge in [0.15, 0.2) is 5.11 Å². The monoisotopic (exact) mass is 405 g/mol. The first-order chi connectivity index (χ1) is 12.9. The van der Waals surface area contributed by atoms with Gasteiger partial charge in [-0.15, -0.1) is 0 Å². The van der Waals surface area contributed by atoms with Crippen LogP contribution in [0.15, 0.2) is 60.0 Å². The number of thiocarbonyl (C=S) groups is 1. The molecule has 8 heteroatoms. The van der Waals surface area contributed by atoms with Gasteiger partial charge < -0.3 is 10.2 Å². The Morgan fingerprint density at radius 1 is 1.00 bits per heavy atom. The van der Waals surface area contributed by atoms with Crippen molar-refractivity contribution in [3.8, 4) is 0 Å². The summed E-state index contributed by atoms with van der Waals surface area (Å²) >= 11 is 5.38. The first-order valence-corrected chi connectivity index (χ1v) is 10.4. The van der Waals surface area contributed by atoms with Crippen molar-refractivity contribution < 1.29 is 12.8 Å². The van der Waals surface area contributed by atoms with Crippen molar-refractivity contribution in [2.45, 2.75) is 0 Å². The number of halogens is 1. The van der Waals surface area contributed by atoms with Crippen molar-refractivity contribution in [3.05, 3.63) is 71.4 Å². The Kier molecular flexibility index (Phi) is 6.20. The van der Waals surface area contributed by atoms with Crippen LogP contribution in [-0.2, 0) is 10.0 Å². The fraction of sp³-hybridized carbons (Fsp3) is 0.211. The van der Waals surface area contributed by atoms with E-state index in [1.165, 1.54) is 21.8 Å². The predicted octanol–water partition coefficient (Wildman–Crippen LogP) is 3.14. The summed E-state index contributed by atoms with van der Waals surface area (Å²) in [5.74, 6) is -0.311. The molecule has 1 saturated heterocycles. The molecule has 1 N–H and O–H groups in total. The van der Waals surface area contributed by atoms with Gasteiger partial charge in [-0.2, -0.15) is 4.31 Å². The molecule has 1 heterocycles. The second kappa shape index (κ2) is 8.60. The van der Waals surface area contributed by atoms with Gasteiger partial charge in [-0.1, -0.05) is 30.3 Å². The van der Waals surface area contributed by atoms with Gasteiger partial charge in [-0.3, -0.25) is 0 Å². The summed E-state index contributed by atoms with van der Waals surface area (Å²) in [5, 5.41) is 4.79. The lowest BCUT2D eigenvalue weighted by atomic mass is 10.2. The summed E-state index contributed by atoms with van der Waals surface area (Å²) in [4.78, 5) is 1.91. The Hall–Kier alpha value is -2.29. The van der Waals surface area contributed by atoms with Crippen LogP contribution in [0, 0.1) is 5.82 Å². The third kappa shape index (κ3) is 5.35. The third-order valence-corrected chi connectivity index (χ3v) is 6.14. The van der Waals surface area contributed by atoms with E-state index < -0.39 is 10.0 Å². The van der Waals surface area contributed by atoms with Crippen molar-refractivity contribution in [1.82, 2.24) is 9.21 Å². The molecule has 0 saturated carbocycles. The van der Waals surface area contributed by atoms with E-state index in [0.717, 1.165) is 5.56 Å². The Morgan fingerprint density at radius 2 is 1.63 bits per heavy atom. The Bertz CT molecular complexity index is 908. The van der Waals surface area contributed by atoms with Crippen LogP contribution >= 0.6 is 12.2 Å². The highest BCUT2D eigenvalue weighted by molar-refractivity contribution is 7.92. The molecule has 27 heavy (non-hydrogen) atoms. The largest absolute Gasteiger partial charge is 0.346 e. The molecule has 1 aliphatic heterocycles. The number of nitrogens with one attached hydrogen (secondary N) is 1. The molecule has 3 rings (SSSR count). The van der Waals surface area contributed by atoms with Crippen molar-refractivity contribution >= 4 is 39.1 Å². The Balaban J connectivity index is 1.55. The van der Waals surface area contributed by atoms with E-state index in [2.05, 4.69) is 5.32 Å². The summed E-state index contributed by atoms with van der Waals surface area (Å²) in [7, 11) is -3.47. The van der Waals surface area contributed by atoms with Crippen LogP contribution in [0.5, 0.6) is 0 Å². The fourth-order valence-corrected chi connectivity index (χ4v) is 4.17. The van der Waals surface area contributed by atoms with E-state index in [4.69, 9.17) is 12.2 Å². The SMILES string of the molecule is O=S(=O)(/C=C/c1ccccc1)N1CCN(C(=S)Nc2ccc(F)cc2)CC1. The number of piperazine rings is 1. The van der Waals surface area contributed by atoms with Crippen LogP contribution in [0.2, 0.25) is 0 Å². The number of hydrogen-bond acceptors (Lipinski definition) is 3. The molecule has 1 fully saturated rings. The number of benzene rings is 2. The van der Waals surface area contributed by atoms with Gasteiger partial charge in [0.05, 0.1) is 0 Å². The minimum Gasteiger partial charge on any atom is -0.346 e. The molecule has 2 aromatic carbocycles. The van der Waals surface area contributed by atoms with Gasteiger partial charge in [-0.25, -0.2) is 12.8 Å². The zero-order valence-corrected chi connectivity index (χ0v) is 16.2. The van der Waals surface area contributed by atoms with E-state index in [1.54, 1.807) is 18.2 Å². The lowest BCUT2D eigenvalue weighted by molar-refractivity contribution is 0.270. The summed E-state index contributed by atoms with van der Waals surface area (Å²) in [6.45, 7) is 1.69. The highest BCUT2D eigenvalue weighted by atomic mass is 32.2. The van der Waals surface area contributed by atoms with Gasteiger partial charge in [0, 0.05) is 37.3 Å². The molecule has 1 aliphatic rings. The lowest BCUT2D eigenvalue weighted by Gasteiger charge is -2.35. The van der Waals surface area contributed by atoms with E-state index in [9.17, 15) is 12.8 Å². The zero-order chi connectivity index (χ0) is 19.3. The highest BCUT2D eigenvalue weighted by Gasteiger charge is 2.26. The second-order valence-electron chi connectivity index (χ2n) is 6.08. The average molecular weight is 406 g/mol. The smallest absolute Gasteiger partial charge is 0.236 e. The summed E-state index contributed by atoms with van der Waals surface area (Å²) in [6, 6.07) is 15.2. The second-order valence-corrected chi connectivity index (χ2v) is 8.29. The number of hydrogen-bond donors (Lipinski definition) is 1. The lowest BCUT2D eigenvalue weighted by Crippen LogP contribution is -2.51. The molecule has 2 aromatic rings. The van der Waals surface area contributed by atoms with Gasteiger partial charge in [-0.05, 0) is 48.1 Å². The number of sulfonamides is 1. The molecule has 142 valence electrons. The molecular formula is C19H20FN3O2S2. The fourth-order valence-electron chi connectivity index (χ4n) is 2.70. The van der Waals surface area contributed by atoms with Crippen LogP contribution in [0.3, 0.4) is 0 Å². The molecule has 0 aliphatic carbocycles. The molecule has 0 bridgehead atoms. The van der Waals surface area contributed by atoms with Crippen molar-refractivity contribution in [2.24, 2.45) is 0 Å². The summed E-state index contributed by atoms with van der Waals surface area (Å²) in [6.07, 6.45) is 1.60. The zero-order valence-electron chi connectivity index (χ0n) is 14.6. The number of anilines is 1. The molecule has 0 amide bonds. The van der Waals surface area contributed by atoms with Crippen LogP contribution in [0.25, 0.3) is 6.08 Å². The highest BCUT2D eigenvalue weighted by Crippen LogP contribution is 2.14. The predicted molar refractivity (Wildman–Crippen MR) is 110 cm³/mol. The topological polar surface area (TPSA) is 52.7 Å². The molecule has 0 atom stereocenters. The van der Waals surface area contributed by atoms with Gasteiger partial charge in [0.25, 0.3) is 0 Å². The summed E-state index contributed by atoms with van der Waals surface area (Å²) < 4.78 is 39.4. The van der Waals surface area contributed by atoms with Gasteiger partial charge in [0.1, 0.15) is 5.82 Å². The minimum absolute atomic E-state index is 0.311. The first-order valence-electron chi connectivity index (χ1n) is 8.49. The third-order valence-electron chi connectivity index (χ3n) is 4.21. The molecule has 0 radical (unpaired) electrons. The Labute approximate surface area is 164 Å². The standard InChI is InChI=1S/C19H20FN3O2S2/c20-17-6-8-18(9-7-17)21-19(26)22-11-13-23(14-12-22)27(24,25)15-10-16-4-2-1-3-5-16/h1-10,15H,11-14H2,(H,21,26)/b15-10+. The quantitative estimate of drug-likeness (QED) is 0.792. The number of rotatable bonds is 4. The molecule has 0 spiro atoms. The normalized spacial score (nSPS) is 15.8. The Morgan fingerprint density at radius 3 is 2.26 bits per heavy atom. The van der Waals surface area contributed by atoms with Crippen LogP contribution in [0.1, 0.15) is 5.56 Å². The van der Waals surface area contributed by atoms with Crippen molar-refractivity contribution in [3.63, 3.8) is 0 Å². The maximum Gasteiger partial charge on any atom is 0.236 e. The van der Waals surface area contributed by atoms with Crippen LogP contribution in [-0.4, -0.2) is 48.9 Å². The van der Waals surface area contributed by atoms with E-state index in [-0.39, 0.29) is 5.82 Å². The number of nitrogens with zero attached hydrogens (tertiary/aromatic N) is 2. The van der Waals surface area contributed by atoms with E-state index >= 15 is 0 Å². The van der Waals surface area contributed by atoms with E-state index in [0.29, 0.717) is 37.0 Å². The van der Waals surface area contributed by atoms with Crippen LogP contribution < -0.4 is 5.32 Å². The van der Waals surface area contributed by atoms with Gasteiger partial charge in [0.2, 0.25) is 10.0 Å². The summed E-state index contributed by atoms with van der Waals surface area (Å²) in [5.41, 5.74) is 1.53. The minimum atomic E-state index is -3.47. The average Bonchev–Trinajstić information content (AvgIpc) is 2.69. The van der Waals surface area contributed by atoms with Crippen molar-refractivity contribution in [2.75, 3.05) is 31.5 Å². The molecule has 5 nitrogen and oxygen atoms in total. The maximum absolute atomic E-state index is 13.0. The maximum atomic E-state index is 13.0.